The first kappa shape index (κ1) is 7.77. The summed E-state index contributed by atoms with van der Waals surface area (Å²) in [5, 5.41) is 3.82. The Morgan fingerprint density at radius 3 is 2.67 bits per heavy atom. The highest BCUT2D eigenvalue weighted by atomic mass is 16.5. The summed E-state index contributed by atoms with van der Waals surface area (Å²) in [5.74, 6) is 1.62. The van der Waals surface area contributed by atoms with Crippen LogP contribution in [0.2, 0.25) is 0 Å². The van der Waals surface area contributed by atoms with Crippen molar-refractivity contribution in [3.63, 3.8) is 0 Å². The zero-order chi connectivity index (χ0) is 8.60. The van der Waals surface area contributed by atoms with Gasteiger partial charge >= 0.3 is 0 Å². The summed E-state index contributed by atoms with van der Waals surface area (Å²) in [6.07, 6.45) is 4.83. The van der Waals surface area contributed by atoms with E-state index >= 15 is 0 Å². The van der Waals surface area contributed by atoms with Gasteiger partial charge in [-0.25, -0.2) is 0 Å². The average Bonchev–Trinajstić information content (AvgIpc) is 2.69. The van der Waals surface area contributed by atoms with Gasteiger partial charge in [0.25, 0.3) is 0 Å². The van der Waals surface area contributed by atoms with E-state index in [4.69, 9.17) is 4.52 Å². The topological polar surface area (TPSA) is 38.9 Å². The first-order chi connectivity index (χ1) is 5.77. The molecule has 0 radical (unpaired) electrons. The summed E-state index contributed by atoms with van der Waals surface area (Å²) in [6, 6.07) is 0. The van der Waals surface area contributed by atoms with Gasteiger partial charge in [-0.15, -0.1) is 0 Å². The molecule has 0 unspecified atom stereocenters. The van der Waals surface area contributed by atoms with Crippen LogP contribution in [-0.4, -0.2) is 10.1 Å². The SMILES string of the molecule is CCCC1(c2nc(C)no2)CC1. The maximum atomic E-state index is 5.18. The monoisotopic (exact) mass is 166 g/mol. The lowest BCUT2D eigenvalue weighted by Crippen LogP contribution is -2.05. The van der Waals surface area contributed by atoms with Gasteiger partial charge in [-0.05, 0) is 26.2 Å². The first-order valence-electron chi connectivity index (χ1n) is 4.58. The van der Waals surface area contributed by atoms with Crippen molar-refractivity contribution in [2.24, 2.45) is 0 Å². The number of hydrogen-bond donors (Lipinski definition) is 0. The van der Waals surface area contributed by atoms with E-state index in [2.05, 4.69) is 17.1 Å². The van der Waals surface area contributed by atoms with Gasteiger partial charge in [-0.1, -0.05) is 18.5 Å². The molecule has 1 aromatic rings. The Morgan fingerprint density at radius 1 is 1.50 bits per heavy atom. The fourth-order valence-corrected chi connectivity index (χ4v) is 1.71. The van der Waals surface area contributed by atoms with E-state index in [1.54, 1.807) is 0 Å². The van der Waals surface area contributed by atoms with E-state index in [1.807, 2.05) is 6.92 Å². The van der Waals surface area contributed by atoms with Gasteiger partial charge in [0, 0.05) is 5.41 Å². The summed E-state index contributed by atoms with van der Waals surface area (Å²) < 4.78 is 5.18. The largest absolute Gasteiger partial charge is 0.339 e. The molecule has 66 valence electrons. The molecule has 1 aromatic heterocycles. The molecule has 1 fully saturated rings. The van der Waals surface area contributed by atoms with Crippen LogP contribution in [0.4, 0.5) is 0 Å². The maximum absolute atomic E-state index is 5.18. The zero-order valence-electron chi connectivity index (χ0n) is 7.63. The van der Waals surface area contributed by atoms with Gasteiger partial charge < -0.3 is 4.52 Å². The Bertz CT molecular complexity index is 276. The number of hydrogen-bond acceptors (Lipinski definition) is 3. The van der Waals surface area contributed by atoms with Gasteiger partial charge in [0.15, 0.2) is 5.82 Å². The molecule has 0 amide bonds. The zero-order valence-corrected chi connectivity index (χ0v) is 7.63. The second kappa shape index (κ2) is 2.57. The van der Waals surface area contributed by atoms with Crippen LogP contribution in [0, 0.1) is 6.92 Å². The van der Waals surface area contributed by atoms with E-state index in [1.165, 1.54) is 25.7 Å². The lowest BCUT2D eigenvalue weighted by molar-refractivity contribution is 0.334. The van der Waals surface area contributed by atoms with Crippen molar-refractivity contribution in [3.8, 4) is 0 Å². The molecule has 0 N–H and O–H groups in total. The predicted molar refractivity (Wildman–Crippen MR) is 44.9 cm³/mol. The van der Waals surface area contributed by atoms with Gasteiger partial charge in [-0.2, -0.15) is 4.98 Å². The van der Waals surface area contributed by atoms with E-state index < -0.39 is 0 Å². The molecule has 0 atom stereocenters. The predicted octanol–water partition coefficient (Wildman–Crippen LogP) is 2.21. The quantitative estimate of drug-likeness (QED) is 0.691. The smallest absolute Gasteiger partial charge is 0.232 e. The van der Waals surface area contributed by atoms with Crippen molar-refractivity contribution in [2.75, 3.05) is 0 Å². The summed E-state index contributed by atoms with van der Waals surface area (Å²) in [5.41, 5.74) is 0.274. The maximum Gasteiger partial charge on any atom is 0.232 e. The van der Waals surface area contributed by atoms with Crippen LogP contribution in [0.3, 0.4) is 0 Å². The Kier molecular flexibility index (Phi) is 1.67. The molecule has 1 saturated carbocycles. The molecule has 0 aliphatic heterocycles. The minimum atomic E-state index is 0.274. The van der Waals surface area contributed by atoms with Crippen molar-refractivity contribution < 1.29 is 4.52 Å². The van der Waals surface area contributed by atoms with E-state index in [0.717, 1.165) is 11.7 Å². The molecule has 2 rings (SSSR count). The van der Waals surface area contributed by atoms with Crippen molar-refractivity contribution >= 4 is 0 Å². The third-order valence-electron chi connectivity index (χ3n) is 2.56. The second-order valence-corrected chi connectivity index (χ2v) is 3.68. The molecule has 1 aliphatic rings. The van der Waals surface area contributed by atoms with Crippen LogP contribution in [0.1, 0.15) is 44.3 Å². The van der Waals surface area contributed by atoms with Crippen molar-refractivity contribution in [1.82, 2.24) is 10.1 Å². The van der Waals surface area contributed by atoms with Crippen LogP contribution < -0.4 is 0 Å². The average molecular weight is 166 g/mol. The van der Waals surface area contributed by atoms with E-state index in [-0.39, 0.29) is 5.41 Å². The van der Waals surface area contributed by atoms with Crippen LogP contribution in [0.25, 0.3) is 0 Å². The lowest BCUT2D eigenvalue weighted by atomic mass is 10.0. The molecule has 3 heteroatoms. The highest BCUT2D eigenvalue weighted by molar-refractivity contribution is 5.14. The Balaban J connectivity index is 2.18. The Morgan fingerprint density at radius 2 is 2.25 bits per heavy atom. The molecule has 0 saturated heterocycles. The van der Waals surface area contributed by atoms with Gasteiger partial charge in [0.2, 0.25) is 5.89 Å². The summed E-state index contributed by atoms with van der Waals surface area (Å²) in [6.45, 7) is 4.07. The van der Waals surface area contributed by atoms with Crippen LogP contribution >= 0.6 is 0 Å². The highest BCUT2D eigenvalue weighted by Crippen LogP contribution is 2.50. The third kappa shape index (κ3) is 1.13. The molecule has 0 spiro atoms. The Labute approximate surface area is 72.2 Å². The normalized spacial score (nSPS) is 19.5. The molecule has 3 nitrogen and oxygen atoms in total. The van der Waals surface area contributed by atoms with Crippen LogP contribution in [0.15, 0.2) is 4.52 Å². The van der Waals surface area contributed by atoms with Gasteiger partial charge in [0.05, 0.1) is 0 Å². The van der Waals surface area contributed by atoms with Crippen molar-refractivity contribution in [2.45, 2.75) is 44.9 Å². The minimum Gasteiger partial charge on any atom is -0.339 e. The molecular weight excluding hydrogens is 152 g/mol. The lowest BCUT2D eigenvalue weighted by Gasteiger charge is -2.06. The standard InChI is InChI=1S/C9H14N2O/c1-3-4-9(5-6-9)8-10-7(2)11-12-8/h3-6H2,1-2H3. The number of aromatic nitrogens is 2. The fourth-order valence-electron chi connectivity index (χ4n) is 1.71. The second-order valence-electron chi connectivity index (χ2n) is 3.68. The molecule has 1 heterocycles. The number of nitrogens with zero attached hydrogens (tertiary/aromatic N) is 2. The summed E-state index contributed by atoms with van der Waals surface area (Å²) >= 11 is 0. The number of rotatable bonds is 3. The Hall–Kier alpha value is -0.860. The summed E-state index contributed by atoms with van der Waals surface area (Å²) in [4.78, 5) is 4.29. The fraction of sp³-hybridized carbons (Fsp3) is 0.778. The van der Waals surface area contributed by atoms with Gasteiger partial charge in [0.1, 0.15) is 0 Å². The van der Waals surface area contributed by atoms with Gasteiger partial charge in [-0.3, -0.25) is 0 Å². The van der Waals surface area contributed by atoms with Crippen molar-refractivity contribution in [3.05, 3.63) is 11.7 Å². The first-order valence-corrected chi connectivity index (χ1v) is 4.58. The third-order valence-corrected chi connectivity index (χ3v) is 2.56. The molecule has 0 bridgehead atoms. The van der Waals surface area contributed by atoms with E-state index in [0.29, 0.717) is 0 Å². The van der Waals surface area contributed by atoms with Crippen molar-refractivity contribution in [1.29, 1.82) is 0 Å². The summed E-state index contributed by atoms with van der Waals surface area (Å²) in [7, 11) is 0. The van der Waals surface area contributed by atoms with E-state index in [9.17, 15) is 0 Å². The highest BCUT2D eigenvalue weighted by Gasteiger charge is 2.48. The van der Waals surface area contributed by atoms with Crippen LogP contribution in [-0.2, 0) is 5.41 Å². The molecule has 12 heavy (non-hydrogen) atoms. The molecule has 0 aromatic carbocycles. The van der Waals surface area contributed by atoms with Crippen LogP contribution in [0.5, 0.6) is 0 Å². The minimum absolute atomic E-state index is 0.274. The molecule has 1 aliphatic carbocycles. The molecular formula is C9H14N2O. The number of aryl methyl sites for hydroxylation is 1.